The number of hydrogen-bond donors (Lipinski definition) is 0. The van der Waals surface area contributed by atoms with Gasteiger partial charge in [0.05, 0.1) is 0 Å². The molecule has 0 amide bonds. The molecule has 0 atom stereocenters. The molecule has 0 spiro atoms. The van der Waals surface area contributed by atoms with Gasteiger partial charge in [-0.1, -0.05) is 0 Å². The minimum absolute atomic E-state index is 0. The SMILES string of the molecule is F[B-](F)(F)F.[C-]#N.[CH2-]C.[CH2-]C.[CH2-]C.[CH2-]C.[Cu]. The van der Waals surface area contributed by atoms with E-state index in [9.17, 15) is 17.3 Å². The summed E-state index contributed by atoms with van der Waals surface area (Å²) in [4.78, 5) is 0. The maximum absolute atomic E-state index is 9.75. The summed E-state index contributed by atoms with van der Waals surface area (Å²) in [5.74, 6) is 0. The Morgan fingerprint density at radius 3 is 0.688 bits per heavy atom. The van der Waals surface area contributed by atoms with Crippen LogP contribution in [0.5, 0.6) is 0 Å². The van der Waals surface area contributed by atoms with Gasteiger partial charge in [-0.05, 0) is 0 Å². The summed E-state index contributed by atoms with van der Waals surface area (Å²) in [6, 6.07) is 0. The van der Waals surface area contributed by atoms with Gasteiger partial charge in [0, 0.05) is 17.1 Å². The molecule has 0 aromatic heterocycles. The molecule has 1 radical (unpaired) electrons. The fraction of sp³-hybridized carbons (Fsp3) is 0.444. The third-order valence-electron chi connectivity index (χ3n) is 0. The Bertz CT molecular complexity index is 64.3. The van der Waals surface area contributed by atoms with Crippen molar-refractivity contribution in [3.63, 3.8) is 0 Å². The summed E-state index contributed by atoms with van der Waals surface area (Å²) < 4.78 is 39.0. The van der Waals surface area contributed by atoms with Gasteiger partial charge in [0.2, 0.25) is 0 Å². The molecular formula is C9H20BCuF4N-6. The molecule has 0 aliphatic rings. The zero-order chi connectivity index (χ0) is 14.5. The second kappa shape index (κ2) is 83.8. The van der Waals surface area contributed by atoms with Crippen LogP contribution in [0.15, 0.2) is 0 Å². The molecule has 0 unspecified atom stereocenters. The van der Waals surface area contributed by atoms with Crippen molar-refractivity contribution in [3.05, 3.63) is 34.3 Å². The van der Waals surface area contributed by atoms with Crippen molar-refractivity contribution >= 4 is 7.25 Å². The Labute approximate surface area is 109 Å². The molecule has 0 heterocycles. The number of halogens is 4. The van der Waals surface area contributed by atoms with E-state index in [1.54, 1.807) is 27.7 Å². The van der Waals surface area contributed by atoms with Crippen molar-refractivity contribution in [2.45, 2.75) is 27.7 Å². The maximum atomic E-state index is 9.75. The van der Waals surface area contributed by atoms with Crippen LogP contribution < -0.4 is 0 Å². The minimum Gasteiger partial charge on any atom is -0.512 e. The van der Waals surface area contributed by atoms with Gasteiger partial charge in [-0.15, -0.1) is 0 Å². The largest absolute Gasteiger partial charge is 0.673 e. The summed E-state index contributed by atoms with van der Waals surface area (Å²) in [7, 11) is -6.00. The maximum Gasteiger partial charge on any atom is 0.673 e. The van der Waals surface area contributed by atoms with Crippen molar-refractivity contribution in [2.24, 2.45) is 0 Å². The predicted octanol–water partition coefficient (Wildman–Crippen LogP) is 4.76. The monoisotopic (exact) mass is 292 g/mol. The van der Waals surface area contributed by atoms with Gasteiger partial charge in [0.25, 0.3) is 0 Å². The van der Waals surface area contributed by atoms with Gasteiger partial charge < -0.3 is 56.8 Å². The molecule has 0 aromatic rings. The van der Waals surface area contributed by atoms with Crippen molar-refractivity contribution in [1.82, 2.24) is 0 Å². The number of nitrogens with zero attached hydrogens (tertiary/aromatic N) is 1. The van der Waals surface area contributed by atoms with E-state index < -0.39 is 7.25 Å². The molecule has 1 nitrogen and oxygen atoms in total. The summed E-state index contributed by atoms with van der Waals surface area (Å²) in [5.41, 5.74) is 0. The van der Waals surface area contributed by atoms with E-state index in [0.29, 0.717) is 0 Å². The summed E-state index contributed by atoms with van der Waals surface area (Å²) in [6.45, 7) is 24.8. The second-order valence-corrected chi connectivity index (χ2v) is 0.495. The van der Waals surface area contributed by atoms with E-state index in [0.717, 1.165) is 0 Å². The van der Waals surface area contributed by atoms with E-state index in [-0.39, 0.29) is 17.1 Å². The van der Waals surface area contributed by atoms with Crippen molar-refractivity contribution < 1.29 is 34.3 Å². The first-order valence-corrected chi connectivity index (χ1v) is 3.92. The van der Waals surface area contributed by atoms with Crippen LogP contribution in [0, 0.1) is 39.5 Å². The van der Waals surface area contributed by atoms with E-state index in [4.69, 9.17) is 11.8 Å². The molecule has 0 aliphatic heterocycles. The van der Waals surface area contributed by atoms with Crippen molar-refractivity contribution in [3.8, 4) is 0 Å². The van der Waals surface area contributed by atoms with Gasteiger partial charge in [0.1, 0.15) is 0 Å². The normalized spacial score (nSPS) is 5.38. The van der Waals surface area contributed by atoms with E-state index in [1.165, 1.54) is 0 Å². The molecule has 0 aromatic carbocycles. The molecule has 0 fully saturated rings. The average Bonchev–Trinajstić information content (AvgIpc) is 2.29. The Morgan fingerprint density at radius 2 is 0.688 bits per heavy atom. The Hall–Kier alpha value is -0.206. The molecular weight excluding hydrogens is 272 g/mol. The summed E-state index contributed by atoms with van der Waals surface area (Å²) >= 11 is 0. The van der Waals surface area contributed by atoms with Gasteiger partial charge in [-0.2, -0.15) is 27.7 Å². The van der Waals surface area contributed by atoms with Crippen molar-refractivity contribution in [2.75, 3.05) is 0 Å². The minimum atomic E-state index is -6.00. The molecule has 109 valence electrons. The summed E-state index contributed by atoms with van der Waals surface area (Å²) in [5, 5.41) is 6.25. The number of hydrogen-bond acceptors (Lipinski definition) is 1. The van der Waals surface area contributed by atoms with Crippen LogP contribution in [0.2, 0.25) is 0 Å². The Kier molecular flexibility index (Phi) is 234. The van der Waals surface area contributed by atoms with Gasteiger partial charge in [-0.25, -0.2) is 0 Å². The standard InChI is InChI=1S/4C2H5.CN.BF4.Cu/c5*1-2;2-1(3,4)5;/h4*1H2,2H3;;;/q6*-1;. The van der Waals surface area contributed by atoms with Crippen molar-refractivity contribution in [1.29, 1.82) is 5.26 Å². The quantitative estimate of drug-likeness (QED) is 0.359. The molecule has 0 aliphatic carbocycles. The third-order valence-corrected chi connectivity index (χ3v) is 0. The average molecular weight is 293 g/mol. The second-order valence-electron chi connectivity index (χ2n) is 0.495. The first-order chi connectivity index (χ1) is 7.00. The molecule has 16 heavy (non-hydrogen) atoms. The third kappa shape index (κ3) is 53400. The topological polar surface area (TPSA) is 23.8 Å². The smallest absolute Gasteiger partial charge is 0.512 e. The molecule has 0 saturated carbocycles. The zero-order valence-electron chi connectivity index (χ0n) is 10.2. The first-order valence-electron chi connectivity index (χ1n) is 3.92. The van der Waals surface area contributed by atoms with Gasteiger partial charge in [0.15, 0.2) is 0 Å². The molecule has 0 N–H and O–H groups in total. The zero-order valence-corrected chi connectivity index (χ0v) is 11.1. The fourth-order valence-electron chi connectivity index (χ4n) is 0. The number of rotatable bonds is 0. The molecule has 0 saturated heterocycles. The van der Waals surface area contributed by atoms with Crippen LogP contribution in [0.25, 0.3) is 0 Å². The van der Waals surface area contributed by atoms with Gasteiger partial charge in [-0.3, -0.25) is 0 Å². The Morgan fingerprint density at radius 1 is 0.688 bits per heavy atom. The molecule has 7 heteroatoms. The fourth-order valence-corrected chi connectivity index (χ4v) is 0. The summed E-state index contributed by atoms with van der Waals surface area (Å²) in [6.07, 6.45) is 0. The van der Waals surface area contributed by atoms with Crippen LogP contribution >= 0.6 is 0 Å². The predicted molar refractivity (Wildman–Crippen MR) is 59.3 cm³/mol. The van der Waals surface area contributed by atoms with Crippen LogP contribution in [0.3, 0.4) is 0 Å². The van der Waals surface area contributed by atoms with E-state index >= 15 is 0 Å². The van der Waals surface area contributed by atoms with Crippen LogP contribution in [-0.2, 0) is 17.1 Å². The van der Waals surface area contributed by atoms with Gasteiger partial charge >= 0.3 is 7.25 Å². The van der Waals surface area contributed by atoms with E-state index in [2.05, 4.69) is 27.7 Å². The van der Waals surface area contributed by atoms with E-state index in [1.807, 2.05) is 0 Å². The van der Waals surface area contributed by atoms with Crippen LogP contribution in [-0.4, -0.2) is 7.25 Å². The van der Waals surface area contributed by atoms with Crippen LogP contribution in [0.4, 0.5) is 17.3 Å². The Balaban J connectivity index is -0.0000000130. The first kappa shape index (κ1) is 44.7. The van der Waals surface area contributed by atoms with Crippen LogP contribution in [0.1, 0.15) is 27.7 Å². The molecule has 0 bridgehead atoms. The molecule has 0 rings (SSSR count).